The highest BCUT2D eigenvalue weighted by atomic mass is 16.4. The standard InChI is InChI=1S/C26H32N4O2/c1-29-15-17-30(18-16-29)20-23(21-9-4-2-5-10-21)28-25(31)13-8-14-26-27-19-24(32-26)22-11-6-3-7-12-22/h2-7,9-12,19,23H,8,13-18,20H2,1H3,(H,28,31). The molecule has 1 N–H and O–H groups in total. The van der Waals surface area contributed by atoms with Crippen molar-refractivity contribution >= 4 is 5.91 Å². The molecule has 0 radical (unpaired) electrons. The van der Waals surface area contributed by atoms with Crippen molar-refractivity contribution in [3.8, 4) is 11.3 Å². The van der Waals surface area contributed by atoms with Gasteiger partial charge in [-0.05, 0) is 19.0 Å². The van der Waals surface area contributed by atoms with Crippen molar-refractivity contribution in [3.05, 3.63) is 78.3 Å². The van der Waals surface area contributed by atoms with E-state index in [0.29, 0.717) is 25.2 Å². The summed E-state index contributed by atoms with van der Waals surface area (Å²) in [4.78, 5) is 21.9. The molecule has 1 amide bonds. The predicted octanol–water partition coefficient (Wildman–Crippen LogP) is 3.77. The molecule has 1 saturated heterocycles. The lowest BCUT2D eigenvalue weighted by atomic mass is 10.1. The minimum absolute atomic E-state index is 0.00136. The molecule has 2 heterocycles. The van der Waals surface area contributed by atoms with Crippen LogP contribution in [0.15, 0.2) is 71.3 Å². The molecule has 6 nitrogen and oxygen atoms in total. The number of piperazine rings is 1. The number of hydrogen-bond donors (Lipinski definition) is 1. The van der Waals surface area contributed by atoms with Crippen LogP contribution in [0.1, 0.15) is 30.3 Å². The van der Waals surface area contributed by atoms with Gasteiger partial charge < -0.3 is 14.6 Å². The summed E-state index contributed by atoms with van der Waals surface area (Å²) in [5.41, 5.74) is 2.17. The average molecular weight is 433 g/mol. The van der Waals surface area contributed by atoms with Gasteiger partial charge in [0.1, 0.15) is 0 Å². The third kappa shape index (κ3) is 6.28. The SMILES string of the molecule is CN1CCN(CC(NC(=O)CCCc2ncc(-c3ccccc3)o2)c2ccccc2)CC1. The van der Waals surface area contributed by atoms with Gasteiger partial charge in [0.2, 0.25) is 5.91 Å². The van der Waals surface area contributed by atoms with Crippen LogP contribution in [-0.2, 0) is 11.2 Å². The first-order valence-corrected chi connectivity index (χ1v) is 11.4. The molecule has 1 aromatic heterocycles. The van der Waals surface area contributed by atoms with Gasteiger partial charge in [0.15, 0.2) is 11.7 Å². The molecule has 168 valence electrons. The van der Waals surface area contributed by atoms with Gasteiger partial charge in [0.05, 0.1) is 12.2 Å². The van der Waals surface area contributed by atoms with E-state index in [1.165, 1.54) is 0 Å². The van der Waals surface area contributed by atoms with Crippen LogP contribution in [0, 0.1) is 0 Å². The van der Waals surface area contributed by atoms with Crippen LogP contribution in [0.2, 0.25) is 0 Å². The van der Waals surface area contributed by atoms with Crippen LogP contribution in [0.25, 0.3) is 11.3 Å². The zero-order valence-corrected chi connectivity index (χ0v) is 18.7. The maximum Gasteiger partial charge on any atom is 0.220 e. The maximum atomic E-state index is 12.7. The summed E-state index contributed by atoms with van der Waals surface area (Å²) in [7, 11) is 2.16. The number of carbonyl (C=O) groups is 1. The largest absolute Gasteiger partial charge is 0.441 e. The number of rotatable bonds is 9. The number of benzene rings is 2. The Hall–Kier alpha value is -2.96. The van der Waals surface area contributed by atoms with Crippen LogP contribution >= 0.6 is 0 Å². The lowest BCUT2D eigenvalue weighted by Gasteiger charge is -2.35. The van der Waals surface area contributed by atoms with Crippen molar-refractivity contribution < 1.29 is 9.21 Å². The van der Waals surface area contributed by atoms with Gasteiger partial charge in [-0.25, -0.2) is 4.98 Å². The Morgan fingerprint density at radius 2 is 1.72 bits per heavy atom. The smallest absolute Gasteiger partial charge is 0.220 e. The van der Waals surface area contributed by atoms with Crippen LogP contribution < -0.4 is 5.32 Å². The molecule has 1 unspecified atom stereocenters. The number of nitrogens with zero attached hydrogens (tertiary/aromatic N) is 3. The first-order valence-electron chi connectivity index (χ1n) is 11.4. The molecular weight excluding hydrogens is 400 g/mol. The summed E-state index contributed by atoms with van der Waals surface area (Å²) in [6, 6.07) is 20.2. The highest BCUT2D eigenvalue weighted by Crippen LogP contribution is 2.21. The molecule has 3 aromatic rings. The van der Waals surface area contributed by atoms with E-state index >= 15 is 0 Å². The van der Waals surface area contributed by atoms with Crippen LogP contribution in [0.3, 0.4) is 0 Å². The van der Waals surface area contributed by atoms with E-state index in [9.17, 15) is 4.79 Å². The normalized spacial score (nSPS) is 16.0. The van der Waals surface area contributed by atoms with Gasteiger partial charge in [-0.1, -0.05) is 60.7 Å². The van der Waals surface area contributed by atoms with E-state index in [1.54, 1.807) is 6.20 Å². The van der Waals surface area contributed by atoms with E-state index < -0.39 is 0 Å². The molecule has 1 atom stereocenters. The Balaban J connectivity index is 1.29. The second kappa shape index (κ2) is 11.1. The van der Waals surface area contributed by atoms with Crippen molar-refractivity contribution in [1.29, 1.82) is 0 Å². The number of carbonyl (C=O) groups excluding carboxylic acids is 1. The van der Waals surface area contributed by atoms with Crippen molar-refractivity contribution in [2.24, 2.45) is 0 Å². The highest BCUT2D eigenvalue weighted by molar-refractivity contribution is 5.76. The minimum Gasteiger partial charge on any atom is -0.441 e. The molecule has 0 aliphatic carbocycles. The average Bonchev–Trinajstić information content (AvgIpc) is 3.30. The predicted molar refractivity (Wildman–Crippen MR) is 126 cm³/mol. The fraction of sp³-hybridized carbons (Fsp3) is 0.385. The number of hydrogen-bond acceptors (Lipinski definition) is 5. The van der Waals surface area contributed by atoms with Gasteiger partial charge in [0.25, 0.3) is 0 Å². The summed E-state index contributed by atoms with van der Waals surface area (Å²) < 4.78 is 5.86. The molecule has 1 fully saturated rings. The summed E-state index contributed by atoms with van der Waals surface area (Å²) in [5, 5.41) is 3.26. The van der Waals surface area contributed by atoms with E-state index in [1.807, 2.05) is 48.5 Å². The van der Waals surface area contributed by atoms with Crippen molar-refractivity contribution in [1.82, 2.24) is 20.1 Å². The lowest BCUT2D eigenvalue weighted by molar-refractivity contribution is -0.122. The third-order valence-corrected chi connectivity index (χ3v) is 5.98. The fourth-order valence-electron chi connectivity index (χ4n) is 4.04. The van der Waals surface area contributed by atoms with E-state index in [4.69, 9.17) is 4.42 Å². The molecule has 32 heavy (non-hydrogen) atoms. The molecule has 6 heteroatoms. The van der Waals surface area contributed by atoms with Gasteiger partial charge in [-0.3, -0.25) is 9.69 Å². The quantitative estimate of drug-likeness (QED) is 0.558. The summed E-state index contributed by atoms with van der Waals surface area (Å²) in [5.74, 6) is 1.51. The molecule has 0 bridgehead atoms. The van der Waals surface area contributed by atoms with Crippen molar-refractivity contribution in [2.75, 3.05) is 39.8 Å². The molecule has 2 aromatic carbocycles. The van der Waals surface area contributed by atoms with Gasteiger partial charge >= 0.3 is 0 Å². The number of likely N-dealkylation sites (N-methyl/N-ethyl adjacent to an activating group) is 1. The molecule has 1 aliphatic heterocycles. The monoisotopic (exact) mass is 432 g/mol. The summed E-state index contributed by atoms with van der Waals surface area (Å²) in [6.45, 7) is 5.03. The number of oxazole rings is 1. The fourth-order valence-corrected chi connectivity index (χ4v) is 4.04. The molecular formula is C26H32N4O2. The number of aromatic nitrogens is 1. The Bertz CT molecular complexity index is 966. The van der Waals surface area contributed by atoms with Crippen LogP contribution in [0.4, 0.5) is 0 Å². The number of amides is 1. The lowest BCUT2D eigenvalue weighted by Crippen LogP contribution is -2.47. The van der Waals surface area contributed by atoms with Crippen LogP contribution in [-0.4, -0.2) is 60.5 Å². The van der Waals surface area contributed by atoms with Gasteiger partial charge in [0, 0.05) is 51.1 Å². The molecule has 1 aliphatic rings. The Kier molecular flexibility index (Phi) is 7.69. The topological polar surface area (TPSA) is 61.6 Å². The van der Waals surface area contributed by atoms with E-state index in [0.717, 1.165) is 49.6 Å². The molecule has 0 spiro atoms. The zero-order chi connectivity index (χ0) is 22.2. The maximum absolute atomic E-state index is 12.7. The first kappa shape index (κ1) is 22.2. The molecule has 0 saturated carbocycles. The molecule has 4 rings (SSSR count). The van der Waals surface area contributed by atoms with Crippen LogP contribution in [0.5, 0.6) is 0 Å². The van der Waals surface area contributed by atoms with E-state index in [2.05, 4.69) is 39.3 Å². The second-order valence-electron chi connectivity index (χ2n) is 8.47. The van der Waals surface area contributed by atoms with Crippen molar-refractivity contribution in [3.63, 3.8) is 0 Å². The Morgan fingerprint density at radius 1 is 1.03 bits per heavy atom. The summed E-state index contributed by atoms with van der Waals surface area (Å²) >= 11 is 0. The minimum atomic E-state index is -0.00136. The highest BCUT2D eigenvalue weighted by Gasteiger charge is 2.21. The van der Waals surface area contributed by atoms with Gasteiger partial charge in [-0.2, -0.15) is 0 Å². The first-order chi connectivity index (χ1) is 15.7. The Morgan fingerprint density at radius 3 is 2.44 bits per heavy atom. The zero-order valence-electron chi connectivity index (χ0n) is 18.7. The number of aryl methyl sites for hydroxylation is 1. The van der Waals surface area contributed by atoms with E-state index in [-0.39, 0.29) is 11.9 Å². The third-order valence-electron chi connectivity index (χ3n) is 5.98. The number of nitrogens with one attached hydrogen (secondary N) is 1. The van der Waals surface area contributed by atoms with Crippen molar-refractivity contribution in [2.45, 2.75) is 25.3 Å². The Labute approximate surface area is 190 Å². The van der Waals surface area contributed by atoms with Gasteiger partial charge in [-0.15, -0.1) is 0 Å². The second-order valence-corrected chi connectivity index (χ2v) is 8.47. The summed E-state index contributed by atoms with van der Waals surface area (Å²) in [6.07, 6.45) is 3.56.